The van der Waals surface area contributed by atoms with Crippen molar-refractivity contribution < 1.29 is 13.2 Å². The van der Waals surface area contributed by atoms with Crippen molar-refractivity contribution in [2.24, 2.45) is 0 Å². The molecule has 1 unspecified atom stereocenters. The Balaban J connectivity index is 1.59. The van der Waals surface area contributed by atoms with Gasteiger partial charge in [-0.1, -0.05) is 126 Å². The highest BCUT2D eigenvalue weighted by molar-refractivity contribution is 7.90. The molecule has 1 atom stereocenters. The number of benzene rings is 5. The van der Waals surface area contributed by atoms with E-state index in [1.54, 1.807) is 24.5 Å². The van der Waals surface area contributed by atoms with Crippen LogP contribution in [0.15, 0.2) is 145 Å². The van der Waals surface area contributed by atoms with Gasteiger partial charge in [-0.05, 0) is 73.2 Å². The molecule has 0 saturated carbocycles. The summed E-state index contributed by atoms with van der Waals surface area (Å²) in [6.45, 7) is 8.17. The second-order valence-electron chi connectivity index (χ2n) is 12.1. The van der Waals surface area contributed by atoms with Gasteiger partial charge in [-0.15, -0.1) is 0 Å². The number of ether oxygens (including phenoxy) is 1. The van der Waals surface area contributed by atoms with Gasteiger partial charge in [0.25, 0.3) is 10.0 Å². The van der Waals surface area contributed by atoms with Crippen molar-refractivity contribution in [1.29, 1.82) is 0 Å². The zero-order valence-corrected chi connectivity index (χ0v) is 26.7. The Morgan fingerprint density at radius 3 is 1.56 bits per heavy atom. The molecule has 1 aliphatic heterocycles. The molecule has 224 valence electrons. The van der Waals surface area contributed by atoms with Crippen molar-refractivity contribution in [1.82, 2.24) is 3.97 Å². The van der Waals surface area contributed by atoms with Gasteiger partial charge in [0, 0.05) is 23.5 Å². The molecule has 2 heterocycles. The molecule has 0 radical (unpaired) electrons. The lowest BCUT2D eigenvalue weighted by Gasteiger charge is -2.24. The maximum Gasteiger partial charge on any atom is 0.267 e. The Hall–Kier alpha value is -4.71. The predicted molar refractivity (Wildman–Crippen MR) is 180 cm³/mol. The molecule has 1 aliphatic rings. The summed E-state index contributed by atoms with van der Waals surface area (Å²) < 4.78 is 37.2. The van der Waals surface area contributed by atoms with Crippen molar-refractivity contribution >= 4 is 10.0 Å². The van der Waals surface area contributed by atoms with E-state index in [1.165, 1.54) is 3.97 Å². The molecule has 4 nitrogen and oxygen atoms in total. The fraction of sp³-hybridized carbons (Fsp3) is 0.150. The van der Waals surface area contributed by atoms with Crippen molar-refractivity contribution in [3.63, 3.8) is 0 Å². The van der Waals surface area contributed by atoms with Crippen molar-refractivity contribution in [2.75, 3.05) is 0 Å². The maximum absolute atomic E-state index is 14.3. The SMILES string of the molecule is Cc1ccc(C2(c3cn(S(=O)(=O)c4ccc(C)cc4)cc3-c3c(C)cccc3C)OC2(c2ccccc2)c2ccccc2)cc1. The minimum absolute atomic E-state index is 0.237. The fourth-order valence-corrected chi connectivity index (χ4v) is 8.02. The Morgan fingerprint density at radius 1 is 0.533 bits per heavy atom. The molecule has 0 bridgehead atoms. The van der Waals surface area contributed by atoms with Gasteiger partial charge in [0.05, 0.1) is 4.90 Å². The minimum Gasteiger partial charge on any atom is -0.342 e. The second-order valence-corrected chi connectivity index (χ2v) is 13.9. The highest BCUT2D eigenvalue weighted by Gasteiger charge is 2.74. The first kappa shape index (κ1) is 29.0. The van der Waals surface area contributed by atoms with E-state index in [0.29, 0.717) is 0 Å². The average molecular weight is 610 g/mol. The molecule has 1 fully saturated rings. The Morgan fingerprint density at radius 2 is 1.02 bits per heavy atom. The Labute approximate surface area is 265 Å². The van der Waals surface area contributed by atoms with Gasteiger partial charge in [-0.25, -0.2) is 12.4 Å². The summed E-state index contributed by atoms with van der Waals surface area (Å²) in [7, 11) is -3.92. The molecule has 1 saturated heterocycles. The number of nitrogens with zero attached hydrogens (tertiary/aromatic N) is 1. The summed E-state index contributed by atoms with van der Waals surface area (Å²) in [5.41, 5.74) is 7.91. The minimum atomic E-state index is -3.92. The highest BCUT2D eigenvalue weighted by atomic mass is 32.2. The summed E-state index contributed by atoms with van der Waals surface area (Å²) >= 11 is 0. The van der Waals surface area contributed by atoms with E-state index in [1.807, 2.05) is 61.5 Å². The lowest BCUT2D eigenvalue weighted by atomic mass is 9.72. The summed E-state index contributed by atoms with van der Waals surface area (Å²) in [5, 5.41) is 0. The summed E-state index contributed by atoms with van der Waals surface area (Å²) in [4.78, 5) is 0.237. The van der Waals surface area contributed by atoms with Crippen LogP contribution in [-0.2, 0) is 26.0 Å². The number of aromatic nitrogens is 1. The number of epoxide rings is 1. The molecule has 1 aromatic heterocycles. The van der Waals surface area contributed by atoms with E-state index in [-0.39, 0.29) is 4.90 Å². The zero-order valence-electron chi connectivity index (χ0n) is 25.9. The van der Waals surface area contributed by atoms with E-state index in [2.05, 4.69) is 81.4 Å². The first-order chi connectivity index (χ1) is 21.7. The largest absolute Gasteiger partial charge is 0.342 e. The van der Waals surface area contributed by atoms with Crippen LogP contribution < -0.4 is 0 Å². The standard InChI is InChI=1S/C40H35NO3S/c1-28-18-22-34(23-19-28)40(39(44-40,32-14-7-5-8-15-32)33-16-9-6-10-17-33)37-27-41(45(42,43)35-24-20-29(2)21-25-35)26-36(37)38-30(3)12-11-13-31(38)4/h5-27H,1-4H3. The third-order valence-electron chi connectivity index (χ3n) is 9.11. The molecule has 0 spiro atoms. The van der Waals surface area contributed by atoms with Crippen molar-refractivity contribution in [2.45, 2.75) is 43.8 Å². The van der Waals surface area contributed by atoms with Crippen LogP contribution in [0.5, 0.6) is 0 Å². The third kappa shape index (κ3) is 4.49. The van der Waals surface area contributed by atoms with Gasteiger partial charge in [0.15, 0.2) is 11.2 Å². The molecule has 5 heteroatoms. The average Bonchev–Trinajstić information content (AvgIpc) is 3.57. The molecule has 6 aromatic rings. The number of hydrogen-bond donors (Lipinski definition) is 0. The molecule has 7 rings (SSSR count). The highest BCUT2D eigenvalue weighted by Crippen LogP contribution is 2.70. The van der Waals surface area contributed by atoms with Gasteiger partial charge in [-0.3, -0.25) is 0 Å². The van der Waals surface area contributed by atoms with Gasteiger partial charge in [0.1, 0.15) is 0 Å². The van der Waals surface area contributed by atoms with Crippen LogP contribution in [0.3, 0.4) is 0 Å². The molecule has 0 amide bonds. The molecule has 45 heavy (non-hydrogen) atoms. The van der Waals surface area contributed by atoms with Gasteiger partial charge >= 0.3 is 0 Å². The van der Waals surface area contributed by atoms with Crippen LogP contribution in [0, 0.1) is 27.7 Å². The van der Waals surface area contributed by atoms with Crippen LogP contribution in [0.25, 0.3) is 11.1 Å². The van der Waals surface area contributed by atoms with Gasteiger partial charge in [0.2, 0.25) is 0 Å². The van der Waals surface area contributed by atoms with Crippen LogP contribution in [-0.4, -0.2) is 12.4 Å². The molecule has 5 aromatic carbocycles. The van der Waals surface area contributed by atoms with Crippen molar-refractivity contribution in [3.05, 3.63) is 184 Å². The van der Waals surface area contributed by atoms with E-state index in [0.717, 1.165) is 55.6 Å². The summed E-state index contributed by atoms with van der Waals surface area (Å²) in [6, 6.07) is 42.1. The zero-order chi connectivity index (χ0) is 31.4. The van der Waals surface area contributed by atoms with Crippen LogP contribution in [0.4, 0.5) is 0 Å². The van der Waals surface area contributed by atoms with Crippen molar-refractivity contribution in [3.8, 4) is 11.1 Å². The smallest absolute Gasteiger partial charge is 0.267 e. The lowest BCUT2D eigenvalue weighted by molar-refractivity contribution is 0.300. The third-order valence-corrected chi connectivity index (χ3v) is 10.7. The number of hydrogen-bond acceptors (Lipinski definition) is 3. The monoisotopic (exact) mass is 609 g/mol. The molecular weight excluding hydrogens is 575 g/mol. The topological polar surface area (TPSA) is 51.6 Å². The van der Waals surface area contributed by atoms with E-state index in [4.69, 9.17) is 4.74 Å². The first-order valence-corrected chi connectivity index (χ1v) is 16.6. The Bertz CT molecular complexity index is 2050. The summed E-state index contributed by atoms with van der Waals surface area (Å²) in [5.74, 6) is 0. The maximum atomic E-state index is 14.3. The molecule has 0 aliphatic carbocycles. The molecular formula is C40H35NO3S. The first-order valence-electron chi connectivity index (χ1n) is 15.2. The molecule has 0 N–H and O–H groups in total. The quantitative estimate of drug-likeness (QED) is 0.170. The number of aryl methyl sites for hydroxylation is 4. The fourth-order valence-electron chi connectivity index (χ4n) is 6.81. The summed E-state index contributed by atoms with van der Waals surface area (Å²) in [6.07, 6.45) is 3.56. The normalized spacial score (nSPS) is 17.2. The lowest BCUT2D eigenvalue weighted by Crippen LogP contribution is -2.26. The van der Waals surface area contributed by atoms with E-state index < -0.39 is 21.2 Å². The van der Waals surface area contributed by atoms with Crippen LogP contribution in [0.1, 0.15) is 44.5 Å². The number of rotatable bonds is 7. The van der Waals surface area contributed by atoms with Gasteiger partial charge in [-0.2, -0.15) is 0 Å². The van der Waals surface area contributed by atoms with Crippen LogP contribution >= 0.6 is 0 Å². The Kier molecular flexibility index (Phi) is 6.92. The van der Waals surface area contributed by atoms with E-state index in [9.17, 15) is 8.42 Å². The van der Waals surface area contributed by atoms with Crippen LogP contribution in [0.2, 0.25) is 0 Å². The predicted octanol–water partition coefficient (Wildman–Crippen LogP) is 8.84. The van der Waals surface area contributed by atoms with Gasteiger partial charge < -0.3 is 4.74 Å². The van der Waals surface area contributed by atoms with E-state index >= 15 is 0 Å². The second kappa shape index (κ2) is 10.7.